The Labute approximate surface area is 171 Å². The van der Waals surface area contributed by atoms with E-state index in [9.17, 15) is 0 Å². The van der Waals surface area contributed by atoms with E-state index in [0.717, 1.165) is 29.0 Å². The van der Waals surface area contributed by atoms with Gasteiger partial charge in [0.2, 0.25) is 0 Å². The van der Waals surface area contributed by atoms with Crippen LogP contribution in [0.15, 0.2) is 48.5 Å². The minimum atomic E-state index is 0.586. The molecule has 0 radical (unpaired) electrons. The van der Waals surface area contributed by atoms with Gasteiger partial charge in [-0.15, -0.1) is 0 Å². The summed E-state index contributed by atoms with van der Waals surface area (Å²) in [6.45, 7) is 4.50. The van der Waals surface area contributed by atoms with Crippen LogP contribution in [0.25, 0.3) is 0 Å². The van der Waals surface area contributed by atoms with E-state index in [1.807, 2.05) is 0 Å². The highest BCUT2D eigenvalue weighted by Crippen LogP contribution is 2.31. The standard InChI is InChI=1S/C28H32/c1-3-5-23-7-11-25(12-8-23)15-17-27-19-21-28(22-20-27)18-16-26-13-9-24(6-4-2)10-14-26/h7-8,11-12,19-22,24,26H,3-6,9-10,13-14H2,1-2H3. The Kier molecular flexibility index (Phi) is 7.82. The summed E-state index contributed by atoms with van der Waals surface area (Å²) < 4.78 is 0. The van der Waals surface area contributed by atoms with Gasteiger partial charge in [-0.1, -0.05) is 68.9 Å². The third-order valence-corrected chi connectivity index (χ3v) is 5.69. The first-order chi connectivity index (χ1) is 13.8. The Morgan fingerprint density at radius 2 is 1.21 bits per heavy atom. The van der Waals surface area contributed by atoms with Crippen molar-refractivity contribution in [3.05, 3.63) is 70.8 Å². The van der Waals surface area contributed by atoms with Crippen LogP contribution >= 0.6 is 0 Å². The minimum absolute atomic E-state index is 0.586. The quantitative estimate of drug-likeness (QED) is 0.510. The first-order valence-corrected chi connectivity index (χ1v) is 11.0. The van der Waals surface area contributed by atoms with Crippen LogP contribution in [0, 0.1) is 35.5 Å². The van der Waals surface area contributed by atoms with Gasteiger partial charge >= 0.3 is 0 Å². The average Bonchev–Trinajstić information content (AvgIpc) is 2.74. The lowest BCUT2D eigenvalue weighted by Crippen LogP contribution is -2.13. The molecule has 0 heteroatoms. The molecular weight excluding hydrogens is 336 g/mol. The second kappa shape index (κ2) is 10.8. The Balaban J connectivity index is 1.55. The molecule has 0 saturated heterocycles. The van der Waals surface area contributed by atoms with Gasteiger partial charge in [-0.3, -0.25) is 0 Å². The summed E-state index contributed by atoms with van der Waals surface area (Å²) in [6.07, 6.45) is 10.3. The third kappa shape index (κ3) is 6.32. The molecule has 0 spiro atoms. The molecule has 0 amide bonds. The molecular formula is C28H32. The van der Waals surface area contributed by atoms with Crippen LogP contribution in [0.4, 0.5) is 0 Å². The van der Waals surface area contributed by atoms with Crippen molar-refractivity contribution in [2.45, 2.75) is 65.2 Å². The number of aryl methyl sites for hydroxylation is 1. The Hall–Kier alpha value is -2.44. The lowest BCUT2D eigenvalue weighted by atomic mass is 9.80. The summed E-state index contributed by atoms with van der Waals surface area (Å²) in [6, 6.07) is 17.0. The van der Waals surface area contributed by atoms with E-state index >= 15 is 0 Å². The van der Waals surface area contributed by atoms with Crippen molar-refractivity contribution in [2.24, 2.45) is 11.8 Å². The predicted octanol–water partition coefficient (Wildman–Crippen LogP) is 7.00. The smallest absolute Gasteiger partial charge is 0.0249 e. The third-order valence-electron chi connectivity index (χ3n) is 5.69. The Morgan fingerprint density at radius 1 is 0.679 bits per heavy atom. The maximum Gasteiger partial charge on any atom is 0.0249 e. The monoisotopic (exact) mass is 368 g/mol. The molecule has 1 aliphatic rings. The van der Waals surface area contributed by atoms with Crippen LogP contribution in [0.2, 0.25) is 0 Å². The zero-order valence-electron chi connectivity index (χ0n) is 17.4. The fourth-order valence-corrected chi connectivity index (χ4v) is 4.01. The molecule has 1 saturated carbocycles. The van der Waals surface area contributed by atoms with Gasteiger partial charge in [0, 0.05) is 22.6 Å². The summed E-state index contributed by atoms with van der Waals surface area (Å²) in [7, 11) is 0. The number of hydrogen-bond donors (Lipinski definition) is 0. The predicted molar refractivity (Wildman–Crippen MR) is 120 cm³/mol. The van der Waals surface area contributed by atoms with Crippen molar-refractivity contribution in [3.8, 4) is 23.7 Å². The fourth-order valence-electron chi connectivity index (χ4n) is 4.01. The van der Waals surface area contributed by atoms with E-state index in [2.05, 4.69) is 86.1 Å². The molecule has 1 aliphatic carbocycles. The van der Waals surface area contributed by atoms with E-state index in [1.165, 1.54) is 50.5 Å². The van der Waals surface area contributed by atoms with Gasteiger partial charge in [-0.05, 0) is 80.0 Å². The van der Waals surface area contributed by atoms with Crippen molar-refractivity contribution >= 4 is 0 Å². The summed E-state index contributed by atoms with van der Waals surface area (Å²) in [4.78, 5) is 0. The minimum Gasteiger partial charge on any atom is -0.0945 e. The van der Waals surface area contributed by atoms with E-state index in [4.69, 9.17) is 0 Å². The molecule has 0 atom stereocenters. The molecule has 144 valence electrons. The van der Waals surface area contributed by atoms with Crippen molar-refractivity contribution < 1.29 is 0 Å². The number of benzene rings is 2. The second-order valence-electron chi connectivity index (χ2n) is 8.05. The first-order valence-electron chi connectivity index (χ1n) is 11.0. The Bertz CT molecular complexity index is 839. The molecule has 0 heterocycles. The fraction of sp³-hybridized carbons (Fsp3) is 0.429. The van der Waals surface area contributed by atoms with Crippen LogP contribution < -0.4 is 0 Å². The zero-order chi connectivity index (χ0) is 19.6. The van der Waals surface area contributed by atoms with Gasteiger partial charge in [0.15, 0.2) is 0 Å². The summed E-state index contributed by atoms with van der Waals surface area (Å²) >= 11 is 0. The number of hydrogen-bond acceptors (Lipinski definition) is 0. The van der Waals surface area contributed by atoms with Gasteiger partial charge < -0.3 is 0 Å². The van der Waals surface area contributed by atoms with Crippen molar-refractivity contribution in [1.29, 1.82) is 0 Å². The molecule has 0 aliphatic heterocycles. The average molecular weight is 369 g/mol. The van der Waals surface area contributed by atoms with Crippen LogP contribution in [0.1, 0.15) is 81.0 Å². The first kappa shape index (κ1) is 20.3. The topological polar surface area (TPSA) is 0 Å². The van der Waals surface area contributed by atoms with Gasteiger partial charge in [-0.2, -0.15) is 0 Å². The van der Waals surface area contributed by atoms with Crippen LogP contribution in [0.3, 0.4) is 0 Å². The van der Waals surface area contributed by atoms with Gasteiger partial charge in [-0.25, -0.2) is 0 Å². The molecule has 2 aromatic carbocycles. The molecule has 3 rings (SSSR count). The normalized spacial score (nSPS) is 18.5. The molecule has 0 bridgehead atoms. The maximum atomic E-state index is 3.51. The highest BCUT2D eigenvalue weighted by atomic mass is 14.2. The highest BCUT2D eigenvalue weighted by molar-refractivity contribution is 5.46. The van der Waals surface area contributed by atoms with Crippen molar-refractivity contribution in [2.75, 3.05) is 0 Å². The van der Waals surface area contributed by atoms with Crippen molar-refractivity contribution in [1.82, 2.24) is 0 Å². The summed E-state index contributed by atoms with van der Waals surface area (Å²) in [5.74, 6) is 14.9. The lowest BCUT2D eigenvalue weighted by Gasteiger charge is -2.25. The van der Waals surface area contributed by atoms with Crippen LogP contribution in [-0.2, 0) is 6.42 Å². The molecule has 0 aromatic heterocycles. The molecule has 0 nitrogen and oxygen atoms in total. The Morgan fingerprint density at radius 3 is 1.75 bits per heavy atom. The second-order valence-corrected chi connectivity index (χ2v) is 8.05. The van der Waals surface area contributed by atoms with Crippen LogP contribution in [0.5, 0.6) is 0 Å². The van der Waals surface area contributed by atoms with E-state index in [0.29, 0.717) is 5.92 Å². The molecule has 1 fully saturated rings. The van der Waals surface area contributed by atoms with Crippen molar-refractivity contribution in [3.63, 3.8) is 0 Å². The number of rotatable bonds is 4. The SMILES string of the molecule is CCCc1ccc(C#Cc2ccc(C#CC3CCC(CCC)CC3)cc2)cc1. The zero-order valence-corrected chi connectivity index (χ0v) is 17.4. The largest absolute Gasteiger partial charge is 0.0945 e. The molecule has 0 N–H and O–H groups in total. The van der Waals surface area contributed by atoms with Gasteiger partial charge in [0.25, 0.3) is 0 Å². The highest BCUT2D eigenvalue weighted by Gasteiger charge is 2.18. The van der Waals surface area contributed by atoms with E-state index in [-0.39, 0.29) is 0 Å². The van der Waals surface area contributed by atoms with E-state index in [1.54, 1.807) is 0 Å². The molecule has 0 unspecified atom stereocenters. The van der Waals surface area contributed by atoms with Crippen LogP contribution in [-0.4, -0.2) is 0 Å². The van der Waals surface area contributed by atoms with Gasteiger partial charge in [0.1, 0.15) is 0 Å². The van der Waals surface area contributed by atoms with Gasteiger partial charge in [0.05, 0.1) is 0 Å². The summed E-state index contributed by atoms with van der Waals surface area (Å²) in [5, 5.41) is 0. The maximum absolute atomic E-state index is 3.51. The summed E-state index contributed by atoms with van der Waals surface area (Å²) in [5.41, 5.74) is 4.60. The van der Waals surface area contributed by atoms with E-state index < -0.39 is 0 Å². The lowest BCUT2D eigenvalue weighted by molar-refractivity contribution is 0.300. The molecule has 2 aromatic rings. The molecule has 28 heavy (non-hydrogen) atoms.